The van der Waals surface area contributed by atoms with E-state index in [2.05, 4.69) is 13.2 Å². The fourth-order valence-corrected chi connectivity index (χ4v) is 0.620. The molecule has 0 aliphatic heterocycles. The molecule has 0 rings (SSSR count). The molecule has 0 N–H and O–H groups in total. The molecule has 0 spiro atoms. The second-order valence-corrected chi connectivity index (χ2v) is 3.07. The van der Waals surface area contributed by atoms with Crippen LogP contribution in [0.3, 0.4) is 0 Å². The first kappa shape index (κ1) is 12.5. The Labute approximate surface area is 84.7 Å². The van der Waals surface area contributed by atoms with E-state index in [1.165, 1.54) is 18.2 Å². The highest BCUT2D eigenvalue weighted by Gasteiger charge is 2.06. The molecule has 3 heteroatoms. The normalized spacial score (nSPS) is 10.9. The molecule has 0 aromatic rings. The van der Waals surface area contributed by atoms with Crippen molar-refractivity contribution in [3.8, 4) is 0 Å². The fraction of sp³-hybridized carbons (Fsp3) is 0.364. The molecule has 0 saturated carbocycles. The first-order chi connectivity index (χ1) is 6.60. The van der Waals surface area contributed by atoms with Crippen LogP contribution in [0.4, 0.5) is 4.79 Å². The minimum Gasteiger partial charge on any atom is -0.434 e. The van der Waals surface area contributed by atoms with Crippen LogP contribution in [0.2, 0.25) is 0 Å². The van der Waals surface area contributed by atoms with Crippen LogP contribution in [0.1, 0.15) is 13.8 Å². The van der Waals surface area contributed by atoms with Crippen molar-refractivity contribution < 1.29 is 14.3 Å². The fourth-order valence-electron chi connectivity index (χ4n) is 0.620. The van der Waals surface area contributed by atoms with E-state index in [4.69, 9.17) is 9.47 Å². The van der Waals surface area contributed by atoms with Crippen LogP contribution in [0.15, 0.2) is 37.1 Å². The maximum atomic E-state index is 11.0. The maximum Gasteiger partial charge on any atom is 0.513 e. The van der Waals surface area contributed by atoms with Crippen molar-refractivity contribution in [1.82, 2.24) is 0 Å². The summed E-state index contributed by atoms with van der Waals surface area (Å²) in [6, 6.07) is 0. The Morgan fingerprint density at radius 3 is 2.50 bits per heavy atom. The van der Waals surface area contributed by atoms with Gasteiger partial charge in [0.15, 0.2) is 0 Å². The molecule has 0 aliphatic rings. The van der Waals surface area contributed by atoms with Crippen LogP contribution in [0.5, 0.6) is 0 Å². The van der Waals surface area contributed by atoms with Gasteiger partial charge in [-0.05, 0) is 18.1 Å². The van der Waals surface area contributed by atoms with Crippen LogP contribution < -0.4 is 0 Å². The monoisotopic (exact) mass is 196 g/mol. The molecular formula is C11H16O3. The lowest BCUT2D eigenvalue weighted by atomic mass is 10.2. The molecule has 0 saturated heterocycles. The average Bonchev–Trinajstić information content (AvgIpc) is 2.14. The molecule has 0 aromatic heterocycles. The van der Waals surface area contributed by atoms with E-state index in [0.29, 0.717) is 12.4 Å². The summed E-state index contributed by atoms with van der Waals surface area (Å²) >= 11 is 0. The number of carbonyl (C=O) groups excluding carboxylic acids is 1. The van der Waals surface area contributed by atoms with Gasteiger partial charge in [0.25, 0.3) is 0 Å². The lowest BCUT2D eigenvalue weighted by Crippen LogP contribution is -2.10. The minimum absolute atomic E-state index is 0.290. The molecule has 0 atom stereocenters. The second kappa shape index (κ2) is 6.95. The van der Waals surface area contributed by atoms with Crippen LogP contribution in [-0.2, 0) is 9.47 Å². The summed E-state index contributed by atoms with van der Waals surface area (Å²) in [4.78, 5) is 11.0. The Morgan fingerprint density at radius 2 is 2.07 bits per heavy atom. The number of carbonyl (C=O) groups is 1. The number of allylic oxidation sites excluding steroid dienone is 3. The van der Waals surface area contributed by atoms with Gasteiger partial charge in [-0.2, -0.15) is 0 Å². The first-order valence-corrected chi connectivity index (χ1v) is 4.40. The SMILES string of the molecule is C=C/C=C(\C=C)OC(=O)OCC(C)C. The predicted molar refractivity (Wildman–Crippen MR) is 55.7 cm³/mol. The molecule has 0 aliphatic carbocycles. The molecule has 0 amide bonds. The molecule has 0 heterocycles. The van der Waals surface area contributed by atoms with Crippen molar-refractivity contribution in [3.63, 3.8) is 0 Å². The zero-order valence-electron chi connectivity index (χ0n) is 8.66. The van der Waals surface area contributed by atoms with Gasteiger partial charge in [0.1, 0.15) is 5.76 Å². The first-order valence-electron chi connectivity index (χ1n) is 4.40. The van der Waals surface area contributed by atoms with Gasteiger partial charge in [0.2, 0.25) is 0 Å². The third kappa shape index (κ3) is 6.06. The summed E-state index contributed by atoms with van der Waals surface area (Å²) in [7, 11) is 0. The van der Waals surface area contributed by atoms with E-state index in [0.717, 1.165) is 0 Å². The number of rotatable bonds is 5. The quantitative estimate of drug-likeness (QED) is 0.385. The van der Waals surface area contributed by atoms with Crippen LogP contribution >= 0.6 is 0 Å². The molecule has 78 valence electrons. The van der Waals surface area contributed by atoms with Gasteiger partial charge in [-0.15, -0.1) is 0 Å². The Bertz CT molecular complexity index is 239. The molecule has 0 radical (unpaired) electrons. The number of ether oxygens (including phenoxy) is 2. The highest BCUT2D eigenvalue weighted by atomic mass is 16.7. The van der Waals surface area contributed by atoms with Crippen molar-refractivity contribution in [2.45, 2.75) is 13.8 Å². The third-order valence-corrected chi connectivity index (χ3v) is 1.22. The van der Waals surface area contributed by atoms with Crippen molar-refractivity contribution >= 4 is 6.16 Å². The summed E-state index contributed by atoms with van der Waals surface area (Å²) in [5.74, 6) is 0.617. The van der Waals surface area contributed by atoms with E-state index in [-0.39, 0.29) is 5.92 Å². The maximum absolute atomic E-state index is 11.0. The molecule has 0 aromatic carbocycles. The standard InChI is InChI=1S/C11H16O3/c1-5-7-10(6-2)14-11(12)13-8-9(3)4/h5-7,9H,1-2,8H2,3-4H3/b10-7+. The summed E-state index contributed by atoms with van der Waals surface area (Å²) in [5, 5.41) is 0. The van der Waals surface area contributed by atoms with Gasteiger partial charge in [0, 0.05) is 0 Å². The largest absolute Gasteiger partial charge is 0.513 e. The van der Waals surface area contributed by atoms with Gasteiger partial charge >= 0.3 is 6.16 Å². The van der Waals surface area contributed by atoms with Crippen molar-refractivity contribution in [1.29, 1.82) is 0 Å². The van der Waals surface area contributed by atoms with Gasteiger partial charge in [-0.25, -0.2) is 4.79 Å². The van der Waals surface area contributed by atoms with Gasteiger partial charge < -0.3 is 9.47 Å². The van der Waals surface area contributed by atoms with Gasteiger partial charge in [0.05, 0.1) is 6.61 Å². The summed E-state index contributed by atoms with van der Waals surface area (Å²) < 4.78 is 9.60. The molecule has 0 fully saturated rings. The van der Waals surface area contributed by atoms with Crippen molar-refractivity contribution in [2.75, 3.05) is 6.61 Å². The Hall–Kier alpha value is -1.51. The topological polar surface area (TPSA) is 35.5 Å². The van der Waals surface area contributed by atoms with Gasteiger partial charge in [-0.1, -0.05) is 33.1 Å². The predicted octanol–water partition coefficient (Wildman–Crippen LogP) is 3.05. The van der Waals surface area contributed by atoms with Crippen molar-refractivity contribution in [2.24, 2.45) is 5.92 Å². The molecule has 0 unspecified atom stereocenters. The number of hydrogen-bond acceptors (Lipinski definition) is 3. The number of hydrogen-bond donors (Lipinski definition) is 0. The Balaban J connectivity index is 3.97. The zero-order chi connectivity index (χ0) is 11.0. The second-order valence-electron chi connectivity index (χ2n) is 3.07. The third-order valence-electron chi connectivity index (χ3n) is 1.22. The zero-order valence-corrected chi connectivity index (χ0v) is 8.66. The van der Waals surface area contributed by atoms with E-state index >= 15 is 0 Å². The van der Waals surface area contributed by atoms with Crippen LogP contribution in [-0.4, -0.2) is 12.8 Å². The van der Waals surface area contributed by atoms with E-state index in [1.807, 2.05) is 13.8 Å². The van der Waals surface area contributed by atoms with Gasteiger partial charge in [-0.3, -0.25) is 0 Å². The highest BCUT2D eigenvalue weighted by Crippen LogP contribution is 2.02. The average molecular weight is 196 g/mol. The van der Waals surface area contributed by atoms with E-state index < -0.39 is 6.16 Å². The Morgan fingerprint density at radius 1 is 1.43 bits per heavy atom. The van der Waals surface area contributed by atoms with E-state index in [9.17, 15) is 4.79 Å². The van der Waals surface area contributed by atoms with Crippen molar-refractivity contribution in [3.05, 3.63) is 37.1 Å². The summed E-state index contributed by atoms with van der Waals surface area (Å²) in [5.41, 5.74) is 0. The highest BCUT2D eigenvalue weighted by molar-refractivity contribution is 5.62. The molecular weight excluding hydrogens is 180 g/mol. The molecule has 3 nitrogen and oxygen atoms in total. The Kier molecular flexibility index (Phi) is 6.20. The summed E-state index contributed by atoms with van der Waals surface area (Å²) in [6.45, 7) is 11.2. The smallest absolute Gasteiger partial charge is 0.434 e. The minimum atomic E-state index is -0.716. The molecule has 14 heavy (non-hydrogen) atoms. The van der Waals surface area contributed by atoms with E-state index in [1.54, 1.807) is 0 Å². The van der Waals surface area contributed by atoms with Crippen LogP contribution in [0, 0.1) is 5.92 Å². The summed E-state index contributed by atoms with van der Waals surface area (Å²) in [6.07, 6.45) is 3.74. The van der Waals surface area contributed by atoms with Crippen LogP contribution in [0.25, 0.3) is 0 Å². The lowest BCUT2D eigenvalue weighted by molar-refractivity contribution is 0.0703. The lowest BCUT2D eigenvalue weighted by Gasteiger charge is -2.07. The molecule has 0 bridgehead atoms.